The van der Waals surface area contributed by atoms with E-state index in [1.54, 1.807) is 0 Å². The monoisotopic (exact) mass is 348 g/mol. The van der Waals surface area contributed by atoms with Crippen LogP contribution in [0.2, 0.25) is 0 Å². The van der Waals surface area contributed by atoms with Gasteiger partial charge in [-0.15, -0.1) is 0 Å². The van der Waals surface area contributed by atoms with Crippen LogP contribution in [0.15, 0.2) is 24.3 Å². The van der Waals surface area contributed by atoms with E-state index in [0.717, 1.165) is 25.7 Å². The molecule has 0 aliphatic heterocycles. The van der Waals surface area contributed by atoms with E-state index in [4.69, 9.17) is 5.11 Å². The van der Waals surface area contributed by atoms with Gasteiger partial charge in [0.25, 0.3) is 0 Å². The van der Waals surface area contributed by atoms with Crippen LogP contribution in [0, 0.1) is 17.3 Å². The van der Waals surface area contributed by atoms with Crippen molar-refractivity contribution in [3.8, 4) is 0 Å². The van der Waals surface area contributed by atoms with E-state index >= 15 is 0 Å². The average molecular weight is 349 g/mol. The number of unbranched alkanes of at least 4 members (excludes halogenated alkanes) is 2. The molecule has 0 saturated heterocycles. The van der Waals surface area contributed by atoms with Crippen LogP contribution in [0.5, 0.6) is 0 Å². The van der Waals surface area contributed by atoms with Crippen LogP contribution in [0.4, 0.5) is 0 Å². The summed E-state index contributed by atoms with van der Waals surface area (Å²) in [7, 11) is 0. The third-order valence-electron chi connectivity index (χ3n) is 5.23. The summed E-state index contributed by atoms with van der Waals surface area (Å²) >= 11 is 0. The van der Waals surface area contributed by atoms with Gasteiger partial charge >= 0.3 is 5.97 Å². The van der Waals surface area contributed by atoms with Crippen LogP contribution in [0.3, 0.4) is 0 Å². The van der Waals surface area contributed by atoms with Crippen molar-refractivity contribution < 1.29 is 14.7 Å². The minimum atomic E-state index is -0.744. The fourth-order valence-corrected chi connectivity index (χ4v) is 3.52. The topological polar surface area (TPSA) is 54.4 Å². The third kappa shape index (κ3) is 9.04. The Morgan fingerprint density at radius 2 is 2.00 bits per heavy atom. The van der Waals surface area contributed by atoms with Gasteiger partial charge < -0.3 is 5.11 Å². The second kappa shape index (κ2) is 11.3. The number of hydrogen-bond acceptors (Lipinski definition) is 2. The van der Waals surface area contributed by atoms with E-state index in [-0.39, 0.29) is 12.3 Å². The van der Waals surface area contributed by atoms with E-state index < -0.39 is 5.97 Å². The van der Waals surface area contributed by atoms with E-state index in [0.29, 0.717) is 30.0 Å². The Hall–Kier alpha value is -1.38. The maximum Gasteiger partial charge on any atom is 0.303 e. The van der Waals surface area contributed by atoms with Gasteiger partial charge in [-0.3, -0.25) is 9.59 Å². The van der Waals surface area contributed by atoms with Gasteiger partial charge in [0.05, 0.1) is 0 Å². The predicted octanol–water partition coefficient (Wildman–Crippen LogP) is 5.95. The molecule has 0 aromatic carbocycles. The van der Waals surface area contributed by atoms with Crippen LogP contribution >= 0.6 is 0 Å². The highest BCUT2D eigenvalue weighted by Gasteiger charge is 2.31. The number of hydrogen-bond donors (Lipinski definition) is 1. The van der Waals surface area contributed by atoms with E-state index in [1.807, 2.05) is 6.08 Å². The normalized spacial score (nSPS) is 21.6. The molecule has 0 aromatic rings. The first kappa shape index (κ1) is 21.7. The second-order valence-corrected chi connectivity index (χ2v) is 8.17. The van der Waals surface area contributed by atoms with Gasteiger partial charge in [-0.25, -0.2) is 0 Å². The van der Waals surface area contributed by atoms with Crippen molar-refractivity contribution in [2.75, 3.05) is 0 Å². The van der Waals surface area contributed by atoms with Crippen molar-refractivity contribution in [3.05, 3.63) is 24.3 Å². The molecule has 0 aromatic heterocycles. The molecule has 0 heterocycles. The van der Waals surface area contributed by atoms with Crippen LogP contribution in [0.1, 0.15) is 85.0 Å². The lowest BCUT2D eigenvalue weighted by molar-refractivity contribution is -0.137. The van der Waals surface area contributed by atoms with Crippen LogP contribution in [-0.4, -0.2) is 16.9 Å². The Labute approximate surface area is 153 Å². The smallest absolute Gasteiger partial charge is 0.303 e. The summed E-state index contributed by atoms with van der Waals surface area (Å²) in [6.07, 6.45) is 17.6. The minimum Gasteiger partial charge on any atom is -0.481 e. The van der Waals surface area contributed by atoms with Gasteiger partial charge in [-0.2, -0.15) is 0 Å². The summed E-state index contributed by atoms with van der Waals surface area (Å²) in [6.45, 7) is 6.88. The maximum absolute atomic E-state index is 12.1. The minimum absolute atomic E-state index is 0.116. The summed E-state index contributed by atoms with van der Waals surface area (Å²) in [5.74, 6) is 0.130. The molecule has 0 bridgehead atoms. The van der Waals surface area contributed by atoms with Gasteiger partial charge in [-0.05, 0) is 49.9 Å². The largest absolute Gasteiger partial charge is 0.481 e. The first-order chi connectivity index (χ1) is 11.9. The molecule has 142 valence electrons. The molecule has 0 spiro atoms. The van der Waals surface area contributed by atoms with Gasteiger partial charge in [0, 0.05) is 18.8 Å². The summed E-state index contributed by atoms with van der Waals surface area (Å²) < 4.78 is 0. The Bertz CT molecular complexity index is 474. The number of Topliss-reactive ketones (excluding diaryl/α,β-unsaturated/α-hetero) is 1. The van der Waals surface area contributed by atoms with Crippen LogP contribution < -0.4 is 0 Å². The Morgan fingerprint density at radius 3 is 2.68 bits per heavy atom. The van der Waals surface area contributed by atoms with E-state index in [2.05, 4.69) is 39.0 Å². The van der Waals surface area contributed by atoms with Gasteiger partial charge in [-0.1, -0.05) is 57.9 Å². The zero-order chi connectivity index (χ0) is 18.7. The molecular weight excluding hydrogens is 312 g/mol. The summed E-state index contributed by atoms with van der Waals surface area (Å²) in [5.41, 5.74) is 0.342. The molecular formula is C22H36O3. The lowest BCUT2D eigenvalue weighted by Gasteiger charge is -2.23. The molecule has 2 atom stereocenters. The molecule has 1 rings (SSSR count). The number of rotatable bonds is 12. The quantitative estimate of drug-likeness (QED) is 0.350. The standard InChI is InChI=1S/C22H36O3/c1-4-5-16-22(2,3)17-10-11-18-14-15-20(23)19(18)12-8-6-7-9-13-21(24)25/h6,8,10-11,18-19H,4-5,7,9,12-17H2,1-3H3,(H,24,25)/b8-6+,11-10+/t18?,19-/m1/s1. The fourth-order valence-electron chi connectivity index (χ4n) is 3.52. The van der Waals surface area contributed by atoms with Gasteiger partial charge in [0.2, 0.25) is 0 Å². The maximum atomic E-state index is 12.1. The molecule has 1 N–H and O–H groups in total. The van der Waals surface area contributed by atoms with Crippen molar-refractivity contribution in [2.24, 2.45) is 17.3 Å². The lowest BCUT2D eigenvalue weighted by atomic mass is 9.83. The van der Waals surface area contributed by atoms with Crippen molar-refractivity contribution in [3.63, 3.8) is 0 Å². The Morgan fingerprint density at radius 1 is 1.24 bits per heavy atom. The lowest BCUT2D eigenvalue weighted by Crippen LogP contribution is -2.13. The van der Waals surface area contributed by atoms with Crippen molar-refractivity contribution >= 4 is 11.8 Å². The molecule has 1 fully saturated rings. The molecule has 0 radical (unpaired) electrons. The number of carbonyl (C=O) groups is 2. The number of allylic oxidation sites excluding steroid dienone is 4. The first-order valence-corrected chi connectivity index (χ1v) is 9.92. The predicted molar refractivity (Wildman–Crippen MR) is 104 cm³/mol. The average Bonchev–Trinajstić information content (AvgIpc) is 2.89. The third-order valence-corrected chi connectivity index (χ3v) is 5.23. The zero-order valence-electron chi connectivity index (χ0n) is 16.3. The summed E-state index contributed by atoms with van der Waals surface area (Å²) in [4.78, 5) is 22.6. The summed E-state index contributed by atoms with van der Waals surface area (Å²) in [6, 6.07) is 0. The first-order valence-electron chi connectivity index (χ1n) is 9.92. The van der Waals surface area contributed by atoms with Crippen LogP contribution in [0.25, 0.3) is 0 Å². The Balaban J connectivity index is 2.42. The molecule has 0 amide bonds. The molecule has 3 heteroatoms. The molecule has 1 aliphatic carbocycles. The molecule has 1 unspecified atom stereocenters. The van der Waals surface area contributed by atoms with E-state index in [1.165, 1.54) is 19.3 Å². The SMILES string of the molecule is CCCCC(C)(C)C/C=C/C1CCC(=O)[C@@H]1C/C=C/CCCC(=O)O. The molecule has 3 nitrogen and oxygen atoms in total. The second-order valence-electron chi connectivity index (χ2n) is 8.17. The zero-order valence-corrected chi connectivity index (χ0v) is 16.3. The summed E-state index contributed by atoms with van der Waals surface area (Å²) in [5, 5.41) is 8.62. The fraction of sp³-hybridized carbons (Fsp3) is 0.727. The number of carbonyl (C=O) groups excluding carboxylic acids is 1. The Kier molecular flexibility index (Phi) is 9.77. The number of aliphatic carboxylic acids is 1. The number of carboxylic acid groups (broad SMARTS) is 1. The molecule has 1 aliphatic rings. The van der Waals surface area contributed by atoms with E-state index in [9.17, 15) is 9.59 Å². The number of carboxylic acids is 1. The number of ketones is 1. The highest BCUT2D eigenvalue weighted by Crippen LogP contribution is 2.34. The van der Waals surface area contributed by atoms with Crippen molar-refractivity contribution in [1.82, 2.24) is 0 Å². The highest BCUT2D eigenvalue weighted by molar-refractivity contribution is 5.83. The van der Waals surface area contributed by atoms with Crippen LogP contribution in [-0.2, 0) is 9.59 Å². The molecule has 25 heavy (non-hydrogen) atoms. The molecule has 1 saturated carbocycles. The van der Waals surface area contributed by atoms with Gasteiger partial charge in [0.1, 0.15) is 5.78 Å². The van der Waals surface area contributed by atoms with Crippen molar-refractivity contribution in [2.45, 2.75) is 85.0 Å². The van der Waals surface area contributed by atoms with Crippen molar-refractivity contribution in [1.29, 1.82) is 0 Å². The van der Waals surface area contributed by atoms with Gasteiger partial charge in [0.15, 0.2) is 0 Å². The highest BCUT2D eigenvalue weighted by atomic mass is 16.4.